The van der Waals surface area contributed by atoms with E-state index in [1.165, 1.54) is 23.1 Å². The van der Waals surface area contributed by atoms with Crippen molar-refractivity contribution in [1.29, 1.82) is 0 Å². The molecule has 1 rings (SSSR count). The van der Waals surface area contributed by atoms with Gasteiger partial charge in [0.1, 0.15) is 0 Å². The van der Waals surface area contributed by atoms with Crippen LogP contribution in [-0.4, -0.2) is 7.05 Å². The van der Waals surface area contributed by atoms with Crippen LogP contribution in [0.2, 0.25) is 0 Å². The highest BCUT2D eigenvalue weighted by Gasteiger charge is 2.15. The van der Waals surface area contributed by atoms with E-state index in [1.54, 1.807) is 0 Å². The SMILES string of the molecule is CCC(C)C(NC)c1ccc(C)c(C)c1. The van der Waals surface area contributed by atoms with Gasteiger partial charge in [0.15, 0.2) is 0 Å². The zero-order valence-electron chi connectivity index (χ0n) is 10.6. The second-order valence-corrected chi connectivity index (χ2v) is 4.50. The highest BCUT2D eigenvalue weighted by molar-refractivity contribution is 5.31. The fraction of sp³-hybridized carbons (Fsp3) is 0.571. The number of hydrogen-bond acceptors (Lipinski definition) is 1. The van der Waals surface area contributed by atoms with E-state index in [4.69, 9.17) is 0 Å². The zero-order chi connectivity index (χ0) is 11.4. The summed E-state index contributed by atoms with van der Waals surface area (Å²) in [6, 6.07) is 7.25. The smallest absolute Gasteiger partial charge is 0.0343 e. The van der Waals surface area contributed by atoms with Crippen LogP contribution in [0.1, 0.15) is 43.0 Å². The average Bonchev–Trinajstić information content (AvgIpc) is 2.24. The van der Waals surface area contributed by atoms with E-state index in [-0.39, 0.29) is 0 Å². The van der Waals surface area contributed by atoms with Crippen LogP contribution >= 0.6 is 0 Å². The molecule has 84 valence electrons. The minimum Gasteiger partial charge on any atom is -0.313 e. The molecule has 1 aromatic carbocycles. The van der Waals surface area contributed by atoms with Crippen molar-refractivity contribution in [3.8, 4) is 0 Å². The van der Waals surface area contributed by atoms with Crippen LogP contribution in [0.3, 0.4) is 0 Å². The molecule has 0 heterocycles. The number of hydrogen-bond donors (Lipinski definition) is 1. The number of nitrogens with one attached hydrogen (secondary N) is 1. The Morgan fingerprint density at radius 1 is 1.20 bits per heavy atom. The van der Waals surface area contributed by atoms with E-state index in [0.717, 1.165) is 0 Å². The number of aryl methyl sites for hydroxylation is 2. The third-order valence-corrected chi connectivity index (χ3v) is 3.41. The van der Waals surface area contributed by atoms with Gasteiger partial charge in [0, 0.05) is 6.04 Å². The summed E-state index contributed by atoms with van der Waals surface area (Å²) in [4.78, 5) is 0. The molecule has 0 saturated carbocycles. The second kappa shape index (κ2) is 5.32. The molecule has 0 fully saturated rings. The van der Waals surface area contributed by atoms with Gasteiger partial charge in [-0.3, -0.25) is 0 Å². The van der Waals surface area contributed by atoms with Gasteiger partial charge in [0.2, 0.25) is 0 Å². The van der Waals surface area contributed by atoms with E-state index in [9.17, 15) is 0 Å². The van der Waals surface area contributed by atoms with Crippen LogP contribution in [0.25, 0.3) is 0 Å². The van der Waals surface area contributed by atoms with Crippen molar-refractivity contribution in [1.82, 2.24) is 5.32 Å². The lowest BCUT2D eigenvalue weighted by molar-refractivity contribution is 0.400. The molecule has 0 radical (unpaired) electrons. The van der Waals surface area contributed by atoms with E-state index >= 15 is 0 Å². The molecule has 1 aromatic rings. The van der Waals surface area contributed by atoms with Gasteiger partial charge in [-0.2, -0.15) is 0 Å². The van der Waals surface area contributed by atoms with Crippen LogP contribution in [-0.2, 0) is 0 Å². The predicted molar refractivity (Wildman–Crippen MR) is 67.2 cm³/mol. The number of benzene rings is 1. The lowest BCUT2D eigenvalue weighted by Crippen LogP contribution is -2.23. The lowest BCUT2D eigenvalue weighted by atomic mass is 9.91. The molecule has 0 saturated heterocycles. The Morgan fingerprint density at radius 3 is 2.33 bits per heavy atom. The molecule has 0 aliphatic rings. The molecular formula is C14H23N. The fourth-order valence-electron chi connectivity index (χ4n) is 1.97. The van der Waals surface area contributed by atoms with Crippen molar-refractivity contribution in [2.24, 2.45) is 5.92 Å². The molecule has 1 N–H and O–H groups in total. The molecular weight excluding hydrogens is 182 g/mol. The highest BCUT2D eigenvalue weighted by Crippen LogP contribution is 2.25. The van der Waals surface area contributed by atoms with Gasteiger partial charge in [-0.25, -0.2) is 0 Å². The summed E-state index contributed by atoms with van der Waals surface area (Å²) in [6.07, 6.45) is 1.21. The fourth-order valence-corrected chi connectivity index (χ4v) is 1.97. The summed E-state index contributed by atoms with van der Waals surface area (Å²) in [5.41, 5.74) is 4.17. The zero-order valence-corrected chi connectivity index (χ0v) is 10.6. The van der Waals surface area contributed by atoms with E-state index < -0.39 is 0 Å². The van der Waals surface area contributed by atoms with Crippen LogP contribution in [0.5, 0.6) is 0 Å². The number of rotatable bonds is 4. The molecule has 0 aliphatic carbocycles. The van der Waals surface area contributed by atoms with E-state index in [2.05, 4.69) is 51.2 Å². The maximum Gasteiger partial charge on any atom is 0.0343 e. The third-order valence-electron chi connectivity index (χ3n) is 3.41. The van der Waals surface area contributed by atoms with Crippen molar-refractivity contribution in [2.75, 3.05) is 7.05 Å². The van der Waals surface area contributed by atoms with E-state index in [0.29, 0.717) is 12.0 Å². The molecule has 1 heteroatoms. The molecule has 0 aliphatic heterocycles. The molecule has 15 heavy (non-hydrogen) atoms. The van der Waals surface area contributed by atoms with Gasteiger partial charge in [-0.15, -0.1) is 0 Å². The maximum atomic E-state index is 3.42. The first-order chi connectivity index (χ1) is 7.10. The average molecular weight is 205 g/mol. The summed E-state index contributed by atoms with van der Waals surface area (Å²) >= 11 is 0. The third kappa shape index (κ3) is 2.82. The topological polar surface area (TPSA) is 12.0 Å². The Bertz CT molecular complexity index is 317. The molecule has 0 amide bonds. The molecule has 0 bridgehead atoms. The molecule has 0 aromatic heterocycles. The van der Waals surface area contributed by atoms with Crippen LogP contribution in [0, 0.1) is 19.8 Å². The first-order valence-corrected chi connectivity index (χ1v) is 5.84. The Kier molecular flexibility index (Phi) is 4.34. The minimum atomic E-state index is 0.481. The Morgan fingerprint density at radius 2 is 1.87 bits per heavy atom. The summed E-state index contributed by atoms with van der Waals surface area (Å²) in [5, 5.41) is 3.42. The Balaban J connectivity index is 2.97. The van der Waals surface area contributed by atoms with Gasteiger partial charge in [-0.05, 0) is 43.5 Å². The monoisotopic (exact) mass is 205 g/mol. The van der Waals surface area contributed by atoms with Gasteiger partial charge < -0.3 is 5.32 Å². The second-order valence-electron chi connectivity index (χ2n) is 4.50. The first kappa shape index (κ1) is 12.3. The standard InChI is InChI=1S/C14H23N/c1-6-10(2)14(15-5)13-8-7-11(3)12(4)9-13/h7-10,14-15H,6H2,1-5H3. The van der Waals surface area contributed by atoms with E-state index in [1.807, 2.05) is 7.05 Å². The van der Waals surface area contributed by atoms with Gasteiger partial charge in [-0.1, -0.05) is 38.5 Å². The van der Waals surface area contributed by atoms with Crippen molar-refractivity contribution in [3.05, 3.63) is 34.9 Å². The largest absolute Gasteiger partial charge is 0.313 e. The van der Waals surface area contributed by atoms with Crippen LogP contribution in [0.4, 0.5) is 0 Å². The van der Waals surface area contributed by atoms with Crippen LogP contribution < -0.4 is 5.32 Å². The molecule has 2 atom stereocenters. The van der Waals surface area contributed by atoms with Crippen molar-refractivity contribution in [3.63, 3.8) is 0 Å². The summed E-state index contributed by atoms with van der Waals surface area (Å²) in [6.45, 7) is 8.89. The van der Waals surface area contributed by atoms with Crippen LogP contribution in [0.15, 0.2) is 18.2 Å². The summed E-state index contributed by atoms with van der Waals surface area (Å²) in [5.74, 6) is 0.678. The summed E-state index contributed by atoms with van der Waals surface area (Å²) < 4.78 is 0. The molecule has 1 nitrogen and oxygen atoms in total. The highest BCUT2D eigenvalue weighted by atomic mass is 14.9. The van der Waals surface area contributed by atoms with Crippen molar-refractivity contribution >= 4 is 0 Å². The predicted octanol–water partition coefficient (Wildman–Crippen LogP) is 3.61. The van der Waals surface area contributed by atoms with Gasteiger partial charge >= 0.3 is 0 Å². The van der Waals surface area contributed by atoms with Crippen molar-refractivity contribution < 1.29 is 0 Å². The normalized spacial score (nSPS) is 15.0. The summed E-state index contributed by atoms with van der Waals surface area (Å²) in [7, 11) is 2.05. The van der Waals surface area contributed by atoms with Gasteiger partial charge in [0.25, 0.3) is 0 Å². The van der Waals surface area contributed by atoms with Gasteiger partial charge in [0.05, 0.1) is 0 Å². The first-order valence-electron chi connectivity index (χ1n) is 5.84. The lowest BCUT2D eigenvalue weighted by Gasteiger charge is -2.23. The minimum absolute atomic E-state index is 0.481. The Hall–Kier alpha value is -0.820. The van der Waals surface area contributed by atoms with Crippen molar-refractivity contribution in [2.45, 2.75) is 40.2 Å². The quantitative estimate of drug-likeness (QED) is 0.791. The molecule has 2 unspecified atom stereocenters. The maximum absolute atomic E-state index is 3.42. The molecule has 0 spiro atoms. The Labute approximate surface area is 93.9 Å².